The number of nitrogens with one attached hydrogen (secondary N) is 1. The fraction of sp³-hybridized carbons (Fsp3) is 0.179. The number of carbonyl (C=O) groups is 1. The molecule has 0 bridgehead atoms. The standard InChI is InChI=1S/C28H24N6O4/c35-25(26-7-4-12-36-26)9-11-34-10-8-24-20(15-27-30-32-33-31-27)13-23(14-21(24)16-34)37-17-22-18-38-28(29-22)19-5-2-1-3-6-19/h1-7,9,11-14,18H,8,10,15-17H2,(H,30,31,32,33)/b11-9+. The number of hydrogen-bond acceptors (Lipinski definition) is 9. The number of H-pyrrole nitrogens is 1. The Morgan fingerprint density at radius 3 is 2.87 bits per heavy atom. The third-order valence-electron chi connectivity index (χ3n) is 6.33. The van der Waals surface area contributed by atoms with Crippen LogP contribution < -0.4 is 4.74 Å². The molecule has 0 saturated heterocycles. The quantitative estimate of drug-likeness (QED) is 0.228. The van der Waals surface area contributed by atoms with Gasteiger partial charge in [-0.25, -0.2) is 4.98 Å². The van der Waals surface area contributed by atoms with Crippen molar-refractivity contribution in [1.29, 1.82) is 0 Å². The highest BCUT2D eigenvalue weighted by atomic mass is 16.5. The number of ketones is 1. The molecule has 1 aliphatic rings. The van der Waals surface area contributed by atoms with Crippen LogP contribution in [0.5, 0.6) is 5.75 Å². The van der Waals surface area contributed by atoms with Crippen LogP contribution in [0.25, 0.3) is 11.5 Å². The minimum atomic E-state index is -0.168. The van der Waals surface area contributed by atoms with Gasteiger partial charge in [0, 0.05) is 37.3 Å². The molecule has 0 aliphatic carbocycles. The molecule has 190 valence electrons. The highest BCUT2D eigenvalue weighted by molar-refractivity contribution is 6.02. The molecule has 10 heteroatoms. The van der Waals surface area contributed by atoms with Crippen molar-refractivity contribution < 1.29 is 18.4 Å². The molecule has 4 heterocycles. The predicted molar refractivity (Wildman–Crippen MR) is 136 cm³/mol. The molecule has 0 fully saturated rings. The molecule has 2 aromatic carbocycles. The SMILES string of the molecule is O=C(/C=C/N1CCc2c(Cc3nn[nH]n3)cc(OCc3coc(-c4ccccc4)n3)cc2C1)c1ccco1. The maximum atomic E-state index is 12.3. The van der Waals surface area contributed by atoms with Crippen molar-refractivity contribution in [3.05, 3.63) is 113 Å². The zero-order valence-electron chi connectivity index (χ0n) is 20.4. The Bertz CT molecular complexity index is 1540. The summed E-state index contributed by atoms with van der Waals surface area (Å²) in [6, 6.07) is 17.2. The second-order valence-electron chi connectivity index (χ2n) is 8.90. The summed E-state index contributed by atoms with van der Waals surface area (Å²) in [4.78, 5) is 19.0. The summed E-state index contributed by atoms with van der Waals surface area (Å²) in [5, 5.41) is 14.5. The van der Waals surface area contributed by atoms with Gasteiger partial charge in [-0.05, 0) is 59.5 Å². The summed E-state index contributed by atoms with van der Waals surface area (Å²) in [7, 11) is 0. The van der Waals surface area contributed by atoms with E-state index < -0.39 is 0 Å². The average Bonchev–Trinajstić information content (AvgIpc) is 3.74. The number of carbonyl (C=O) groups excluding carboxylic acids is 1. The van der Waals surface area contributed by atoms with Gasteiger partial charge in [0.2, 0.25) is 11.7 Å². The summed E-state index contributed by atoms with van der Waals surface area (Å²) in [6.45, 7) is 1.67. The first-order chi connectivity index (χ1) is 18.7. The van der Waals surface area contributed by atoms with E-state index in [0.717, 1.165) is 29.7 Å². The zero-order chi connectivity index (χ0) is 25.7. The summed E-state index contributed by atoms with van der Waals surface area (Å²) in [6.07, 6.45) is 7.81. The molecule has 0 amide bonds. The molecule has 6 rings (SSSR count). The average molecular weight is 509 g/mol. The Hall–Kier alpha value is -4.99. The number of furan rings is 1. The zero-order valence-corrected chi connectivity index (χ0v) is 20.4. The van der Waals surface area contributed by atoms with Gasteiger partial charge in [0.15, 0.2) is 11.6 Å². The number of aromatic nitrogens is 5. The van der Waals surface area contributed by atoms with E-state index in [2.05, 4.69) is 30.5 Å². The molecule has 5 aromatic rings. The number of ether oxygens (including phenoxy) is 1. The van der Waals surface area contributed by atoms with Crippen LogP contribution >= 0.6 is 0 Å². The lowest BCUT2D eigenvalue weighted by Gasteiger charge is -2.29. The summed E-state index contributed by atoms with van der Waals surface area (Å²) < 4.78 is 17.0. The summed E-state index contributed by atoms with van der Waals surface area (Å²) in [5.74, 6) is 2.03. The van der Waals surface area contributed by atoms with Gasteiger partial charge >= 0.3 is 0 Å². The van der Waals surface area contributed by atoms with Crippen LogP contribution in [0.3, 0.4) is 0 Å². The van der Waals surface area contributed by atoms with E-state index in [0.29, 0.717) is 41.9 Å². The van der Waals surface area contributed by atoms with Crippen LogP contribution in [-0.4, -0.2) is 42.8 Å². The molecule has 1 N–H and O–H groups in total. The van der Waals surface area contributed by atoms with Crippen LogP contribution in [-0.2, 0) is 26.0 Å². The van der Waals surface area contributed by atoms with Crippen molar-refractivity contribution in [2.75, 3.05) is 6.54 Å². The predicted octanol–water partition coefficient (Wildman–Crippen LogP) is 4.37. The minimum absolute atomic E-state index is 0.168. The maximum Gasteiger partial charge on any atom is 0.226 e. The van der Waals surface area contributed by atoms with Crippen molar-refractivity contribution in [1.82, 2.24) is 30.5 Å². The number of aromatic amines is 1. The molecule has 10 nitrogen and oxygen atoms in total. The van der Waals surface area contributed by atoms with Gasteiger partial charge in [-0.15, -0.1) is 10.2 Å². The van der Waals surface area contributed by atoms with Crippen LogP contribution in [0.2, 0.25) is 0 Å². The number of rotatable bonds is 9. The van der Waals surface area contributed by atoms with Gasteiger partial charge in [0.25, 0.3) is 0 Å². The topological polar surface area (TPSA) is 123 Å². The van der Waals surface area contributed by atoms with Crippen LogP contribution in [0.1, 0.15) is 38.8 Å². The maximum absolute atomic E-state index is 12.3. The van der Waals surface area contributed by atoms with Crippen LogP contribution in [0.15, 0.2) is 88.2 Å². The van der Waals surface area contributed by atoms with E-state index in [-0.39, 0.29) is 12.4 Å². The molecule has 0 radical (unpaired) electrons. The number of hydrogen-bond donors (Lipinski definition) is 1. The summed E-state index contributed by atoms with van der Waals surface area (Å²) >= 11 is 0. The number of nitrogens with zero attached hydrogens (tertiary/aromatic N) is 5. The lowest BCUT2D eigenvalue weighted by atomic mass is 9.92. The van der Waals surface area contributed by atoms with E-state index in [1.807, 2.05) is 48.7 Å². The highest BCUT2D eigenvalue weighted by Crippen LogP contribution is 2.30. The van der Waals surface area contributed by atoms with E-state index >= 15 is 0 Å². The Balaban J connectivity index is 1.21. The van der Waals surface area contributed by atoms with E-state index in [1.165, 1.54) is 11.8 Å². The largest absolute Gasteiger partial charge is 0.487 e. The first-order valence-corrected chi connectivity index (χ1v) is 12.2. The van der Waals surface area contributed by atoms with Crippen LogP contribution in [0.4, 0.5) is 0 Å². The first-order valence-electron chi connectivity index (χ1n) is 12.2. The van der Waals surface area contributed by atoms with E-state index in [4.69, 9.17) is 13.6 Å². The second kappa shape index (κ2) is 10.6. The van der Waals surface area contributed by atoms with Crippen molar-refractivity contribution in [3.63, 3.8) is 0 Å². The Kier molecular flexibility index (Phi) is 6.50. The second-order valence-corrected chi connectivity index (χ2v) is 8.90. The molecule has 0 atom stereocenters. The number of benzene rings is 2. The first kappa shape index (κ1) is 23.4. The van der Waals surface area contributed by atoms with Gasteiger partial charge in [-0.1, -0.05) is 23.4 Å². The van der Waals surface area contributed by atoms with Gasteiger partial charge in [0.05, 0.1) is 6.26 Å². The number of tetrazole rings is 1. The van der Waals surface area contributed by atoms with Crippen molar-refractivity contribution in [2.24, 2.45) is 0 Å². The molecule has 3 aromatic heterocycles. The lowest BCUT2D eigenvalue weighted by Crippen LogP contribution is -2.27. The lowest BCUT2D eigenvalue weighted by molar-refractivity contribution is 0.102. The Morgan fingerprint density at radius 2 is 2.05 bits per heavy atom. The molecular weight excluding hydrogens is 484 g/mol. The Morgan fingerprint density at radius 1 is 1.13 bits per heavy atom. The molecule has 1 aliphatic heterocycles. The number of fused-ring (bicyclic) bond motifs is 1. The van der Waals surface area contributed by atoms with E-state index in [1.54, 1.807) is 24.5 Å². The van der Waals surface area contributed by atoms with Crippen molar-refractivity contribution in [3.8, 4) is 17.2 Å². The highest BCUT2D eigenvalue weighted by Gasteiger charge is 2.20. The number of oxazole rings is 1. The molecule has 0 unspecified atom stereocenters. The fourth-order valence-corrected chi connectivity index (χ4v) is 4.49. The van der Waals surface area contributed by atoms with Crippen molar-refractivity contribution >= 4 is 5.78 Å². The third-order valence-corrected chi connectivity index (χ3v) is 6.33. The van der Waals surface area contributed by atoms with E-state index in [9.17, 15) is 4.79 Å². The third kappa shape index (κ3) is 5.24. The van der Waals surface area contributed by atoms with Gasteiger partial charge < -0.3 is 18.5 Å². The minimum Gasteiger partial charge on any atom is -0.487 e. The van der Waals surface area contributed by atoms with Crippen molar-refractivity contribution in [2.45, 2.75) is 26.0 Å². The number of allylic oxidation sites excluding steroid dienone is 1. The molecule has 38 heavy (non-hydrogen) atoms. The normalized spacial score (nSPS) is 13.1. The van der Waals surface area contributed by atoms with Crippen LogP contribution in [0, 0.1) is 0 Å². The summed E-state index contributed by atoms with van der Waals surface area (Å²) in [5.41, 5.74) is 5.04. The fourth-order valence-electron chi connectivity index (χ4n) is 4.49. The molecular formula is C28H24N6O4. The Labute approximate surface area is 218 Å². The smallest absolute Gasteiger partial charge is 0.226 e. The monoisotopic (exact) mass is 508 g/mol. The van der Waals surface area contributed by atoms with Gasteiger partial charge in [-0.2, -0.15) is 5.21 Å². The van der Waals surface area contributed by atoms with Gasteiger partial charge in [-0.3, -0.25) is 4.79 Å². The van der Waals surface area contributed by atoms with Gasteiger partial charge in [0.1, 0.15) is 24.3 Å². The molecule has 0 spiro atoms. The molecule has 0 saturated carbocycles.